The summed E-state index contributed by atoms with van der Waals surface area (Å²) in [4.78, 5) is 33.2. The Bertz CT molecular complexity index is 744. The maximum Gasteiger partial charge on any atom is 0.261 e. The molecule has 2 heterocycles. The molecule has 0 aliphatic heterocycles. The van der Waals surface area contributed by atoms with Gasteiger partial charge in [-0.3, -0.25) is 19.3 Å². The first-order valence-electron chi connectivity index (χ1n) is 7.68. The van der Waals surface area contributed by atoms with Crippen LogP contribution in [-0.2, 0) is 4.79 Å². The highest BCUT2D eigenvalue weighted by Gasteiger charge is 2.27. The minimum Gasteiger partial charge on any atom is -0.292 e. The minimum absolute atomic E-state index is 0.0135. The van der Waals surface area contributed by atoms with Crippen LogP contribution in [0.4, 0.5) is 0 Å². The van der Waals surface area contributed by atoms with E-state index in [1.54, 1.807) is 16.7 Å². The van der Waals surface area contributed by atoms with E-state index in [1.165, 1.54) is 0 Å². The van der Waals surface area contributed by atoms with Gasteiger partial charge in [-0.05, 0) is 25.8 Å². The Morgan fingerprint density at radius 3 is 2.64 bits per heavy atom. The molecule has 116 valence electrons. The van der Waals surface area contributed by atoms with E-state index in [2.05, 4.69) is 15.3 Å². The Morgan fingerprint density at radius 2 is 2.05 bits per heavy atom. The van der Waals surface area contributed by atoms with E-state index in [1.807, 2.05) is 20.8 Å². The van der Waals surface area contributed by atoms with Crippen LogP contribution in [-0.4, -0.2) is 26.2 Å². The number of hydrogen-bond acceptors (Lipinski definition) is 4. The van der Waals surface area contributed by atoms with Crippen LogP contribution < -0.4 is 5.32 Å². The monoisotopic (exact) mass is 300 g/mol. The topological polar surface area (TPSA) is 76.4 Å². The number of amides is 2. The molecule has 2 aromatic heterocycles. The zero-order valence-electron chi connectivity index (χ0n) is 13.1. The quantitative estimate of drug-likeness (QED) is 0.882. The molecule has 2 amide bonds. The van der Waals surface area contributed by atoms with Crippen molar-refractivity contribution in [3.05, 3.63) is 29.5 Å². The zero-order chi connectivity index (χ0) is 15.9. The standard InChI is InChI=1S/C16H20N4O2/c1-9(2)13-17-10(3)20-8-7-12(14(20)18-13)16(22)19-15(21)11-5-4-6-11/h7-9,11H,4-6H2,1-3H3,(H,19,21,22). The van der Waals surface area contributed by atoms with Gasteiger partial charge in [0.15, 0.2) is 5.65 Å². The third-order valence-electron chi connectivity index (χ3n) is 4.18. The summed E-state index contributed by atoms with van der Waals surface area (Å²) < 4.78 is 1.77. The lowest BCUT2D eigenvalue weighted by Crippen LogP contribution is -2.38. The normalized spacial score (nSPS) is 15.1. The molecule has 6 nitrogen and oxygen atoms in total. The molecule has 0 spiro atoms. The van der Waals surface area contributed by atoms with Crippen LogP contribution in [0.2, 0.25) is 0 Å². The molecule has 0 unspecified atom stereocenters. The smallest absolute Gasteiger partial charge is 0.261 e. The van der Waals surface area contributed by atoms with E-state index in [0.29, 0.717) is 17.0 Å². The molecule has 0 aromatic carbocycles. The molecule has 0 radical (unpaired) electrons. The van der Waals surface area contributed by atoms with E-state index >= 15 is 0 Å². The first kappa shape index (κ1) is 14.7. The average Bonchev–Trinajstić information content (AvgIpc) is 2.80. The van der Waals surface area contributed by atoms with Crippen molar-refractivity contribution in [2.24, 2.45) is 5.92 Å². The maximum atomic E-state index is 12.4. The fourth-order valence-electron chi connectivity index (χ4n) is 2.54. The molecule has 1 aliphatic carbocycles. The third-order valence-corrected chi connectivity index (χ3v) is 4.18. The van der Waals surface area contributed by atoms with Gasteiger partial charge in [-0.15, -0.1) is 0 Å². The predicted molar refractivity (Wildman–Crippen MR) is 81.6 cm³/mol. The van der Waals surface area contributed by atoms with E-state index in [9.17, 15) is 9.59 Å². The molecule has 1 aliphatic rings. The molecule has 3 rings (SSSR count). The third kappa shape index (κ3) is 2.49. The molecule has 6 heteroatoms. The first-order chi connectivity index (χ1) is 10.5. The molecule has 1 saturated carbocycles. The van der Waals surface area contributed by atoms with Crippen LogP contribution >= 0.6 is 0 Å². The summed E-state index contributed by atoms with van der Waals surface area (Å²) in [5.41, 5.74) is 0.968. The van der Waals surface area contributed by atoms with Crippen molar-refractivity contribution >= 4 is 17.5 Å². The molecular weight excluding hydrogens is 280 g/mol. The van der Waals surface area contributed by atoms with Gasteiger partial charge < -0.3 is 0 Å². The molecule has 1 fully saturated rings. The van der Waals surface area contributed by atoms with Crippen LogP contribution in [0.5, 0.6) is 0 Å². The van der Waals surface area contributed by atoms with E-state index in [0.717, 1.165) is 25.1 Å². The summed E-state index contributed by atoms with van der Waals surface area (Å²) >= 11 is 0. The van der Waals surface area contributed by atoms with Gasteiger partial charge in [0.05, 0.1) is 5.56 Å². The number of nitrogens with one attached hydrogen (secondary N) is 1. The number of rotatable bonds is 3. The molecular formula is C16H20N4O2. The van der Waals surface area contributed by atoms with Gasteiger partial charge in [0.2, 0.25) is 5.91 Å². The van der Waals surface area contributed by atoms with Gasteiger partial charge >= 0.3 is 0 Å². The Hall–Kier alpha value is -2.24. The van der Waals surface area contributed by atoms with E-state index < -0.39 is 0 Å². The second-order valence-corrected chi connectivity index (χ2v) is 6.15. The number of carbonyl (C=O) groups excluding carboxylic acids is 2. The second-order valence-electron chi connectivity index (χ2n) is 6.15. The fraction of sp³-hybridized carbons (Fsp3) is 0.500. The van der Waals surface area contributed by atoms with Crippen molar-refractivity contribution in [3.8, 4) is 0 Å². The maximum absolute atomic E-state index is 12.4. The van der Waals surface area contributed by atoms with Crippen LogP contribution in [0.25, 0.3) is 5.65 Å². The van der Waals surface area contributed by atoms with E-state index in [-0.39, 0.29) is 23.7 Å². The van der Waals surface area contributed by atoms with E-state index in [4.69, 9.17) is 0 Å². The Morgan fingerprint density at radius 1 is 1.32 bits per heavy atom. The number of fused-ring (bicyclic) bond motifs is 1. The summed E-state index contributed by atoms with van der Waals surface area (Å²) in [7, 11) is 0. The lowest BCUT2D eigenvalue weighted by Gasteiger charge is -2.23. The van der Waals surface area contributed by atoms with Crippen molar-refractivity contribution in [2.75, 3.05) is 0 Å². The van der Waals surface area contributed by atoms with Gasteiger partial charge in [-0.2, -0.15) is 0 Å². The summed E-state index contributed by atoms with van der Waals surface area (Å²) in [6, 6.07) is 1.69. The van der Waals surface area contributed by atoms with Crippen LogP contribution in [0.15, 0.2) is 12.3 Å². The highest BCUT2D eigenvalue weighted by Crippen LogP contribution is 2.26. The largest absolute Gasteiger partial charge is 0.292 e. The van der Waals surface area contributed by atoms with Gasteiger partial charge in [0.1, 0.15) is 11.6 Å². The van der Waals surface area contributed by atoms with Gasteiger partial charge in [-0.25, -0.2) is 9.97 Å². The van der Waals surface area contributed by atoms with Crippen LogP contribution in [0.3, 0.4) is 0 Å². The summed E-state index contributed by atoms with van der Waals surface area (Å²) in [5, 5.41) is 2.49. The zero-order valence-corrected chi connectivity index (χ0v) is 13.1. The van der Waals surface area contributed by atoms with Crippen LogP contribution in [0.1, 0.15) is 61.0 Å². The number of nitrogens with zero attached hydrogens (tertiary/aromatic N) is 3. The molecule has 1 N–H and O–H groups in total. The molecule has 22 heavy (non-hydrogen) atoms. The lowest BCUT2D eigenvalue weighted by atomic mass is 9.85. The van der Waals surface area contributed by atoms with Crippen molar-refractivity contribution in [1.29, 1.82) is 0 Å². The predicted octanol–water partition coefficient (Wildman–Crippen LogP) is 2.22. The van der Waals surface area contributed by atoms with Crippen molar-refractivity contribution < 1.29 is 9.59 Å². The van der Waals surface area contributed by atoms with Gasteiger partial charge in [-0.1, -0.05) is 20.3 Å². The van der Waals surface area contributed by atoms with Crippen molar-refractivity contribution in [3.63, 3.8) is 0 Å². The molecule has 0 atom stereocenters. The molecule has 0 bridgehead atoms. The van der Waals surface area contributed by atoms with Crippen molar-refractivity contribution in [2.45, 2.75) is 46.0 Å². The van der Waals surface area contributed by atoms with Gasteiger partial charge in [0.25, 0.3) is 5.91 Å². The van der Waals surface area contributed by atoms with Crippen molar-refractivity contribution in [1.82, 2.24) is 19.7 Å². The minimum atomic E-state index is -0.382. The summed E-state index contributed by atoms with van der Waals surface area (Å²) in [5.74, 6) is 1.07. The lowest BCUT2D eigenvalue weighted by molar-refractivity contribution is -0.126. The number of imide groups is 1. The highest BCUT2D eigenvalue weighted by atomic mass is 16.2. The highest BCUT2D eigenvalue weighted by molar-refractivity contribution is 6.08. The number of aromatic nitrogens is 3. The second kappa shape index (κ2) is 5.51. The summed E-state index contributed by atoms with van der Waals surface area (Å²) in [6.07, 6.45) is 4.56. The molecule has 2 aromatic rings. The number of carbonyl (C=O) groups is 2. The SMILES string of the molecule is Cc1nc(C(C)C)nc2c(C(=O)NC(=O)C3CCC3)ccn12. The number of hydrogen-bond donors (Lipinski definition) is 1. The first-order valence-corrected chi connectivity index (χ1v) is 7.68. The summed E-state index contributed by atoms with van der Waals surface area (Å²) in [6.45, 7) is 5.89. The van der Waals surface area contributed by atoms with Crippen LogP contribution in [0, 0.1) is 12.8 Å². The molecule has 0 saturated heterocycles. The Labute approximate surface area is 129 Å². The Kier molecular flexibility index (Phi) is 3.68. The average molecular weight is 300 g/mol. The van der Waals surface area contributed by atoms with Gasteiger partial charge in [0, 0.05) is 18.0 Å². The Balaban J connectivity index is 1.92. The number of aryl methyl sites for hydroxylation is 1. The fourth-order valence-corrected chi connectivity index (χ4v) is 2.54.